The molecule has 1 atom stereocenters. The number of fused-ring (bicyclic) bond motifs is 2. The van der Waals surface area contributed by atoms with E-state index in [0.29, 0.717) is 57.6 Å². The van der Waals surface area contributed by atoms with Crippen LogP contribution < -0.4 is 10.6 Å². The third-order valence-corrected chi connectivity index (χ3v) is 8.41. The Bertz CT molecular complexity index is 1400. The van der Waals surface area contributed by atoms with Gasteiger partial charge in [-0.1, -0.05) is 35.9 Å². The van der Waals surface area contributed by atoms with Crippen LogP contribution in [0.2, 0.25) is 5.02 Å². The Balaban J connectivity index is 1.55. The summed E-state index contributed by atoms with van der Waals surface area (Å²) in [6, 6.07) is 19.0. The Labute approximate surface area is 216 Å². The van der Waals surface area contributed by atoms with Crippen LogP contribution in [0.4, 0.5) is 5.69 Å². The molecular formula is C27H24ClN3O4S. The first-order chi connectivity index (χ1) is 17.3. The van der Waals surface area contributed by atoms with Crippen molar-refractivity contribution < 1.29 is 18.6 Å². The van der Waals surface area contributed by atoms with Crippen LogP contribution in [-0.2, 0) is 22.1 Å². The van der Waals surface area contributed by atoms with Crippen LogP contribution in [0.25, 0.3) is 0 Å². The van der Waals surface area contributed by atoms with Gasteiger partial charge in [-0.15, -0.1) is 0 Å². The number of primary amides is 1. The zero-order valence-corrected chi connectivity index (χ0v) is 20.9. The number of carbonyl (C=O) groups excluding carboxylic acids is 3. The zero-order valence-electron chi connectivity index (χ0n) is 19.4. The summed E-state index contributed by atoms with van der Waals surface area (Å²) in [5.41, 5.74) is 7.39. The summed E-state index contributed by atoms with van der Waals surface area (Å²) in [5, 5.41) is 0.544. The molecule has 1 fully saturated rings. The van der Waals surface area contributed by atoms with Crippen LogP contribution in [0.1, 0.15) is 39.1 Å². The second-order valence-corrected chi connectivity index (χ2v) is 10.8. The fourth-order valence-corrected chi connectivity index (χ4v) is 6.28. The van der Waals surface area contributed by atoms with Gasteiger partial charge in [0.05, 0.1) is 38.4 Å². The molecule has 5 rings (SSSR count). The van der Waals surface area contributed by atoms with E-state index in [0.717, 1.165) is 5.56 Å². The molecule has 3 aromatic rings. The van der Waals surface area contributed by atoms with Crippen LogP contribution in [0, 0.1) is 5.92 Å². The fraction of sp³-hybridized carbons (Fsp3) is 0.222. The maximum atomic E-state index is 13.7. The van der Waals surface area contributed by atoms with E-state index in [4.69, 9.17) is 17.3 Å². The Hall–Kier alpha value is -3.49. The molecule has 9 heteroatoms. The number of halogens is 1. The summed E-state index contributed by atoms with van der Waals surface area (Å²) in [7, 11) is -1.61. The number of amides is 3. The second-order valence-electron chi connectivity index (χ2n) is 8.94. The zero-order chi connectivity index (χ0) is 25.4. The van der Waals surface area contributed by atoms with Crippen LogP contribution in [0.15, 0.2) is 76.5 Å². The van der Waals surface area contributed by atoms with E-state index < -0.39 is 10.8 Å². The summed E-state index contributed by atoms with van der Waals surface area (Å²) in [4.78, 5) is 42.7. The quantitative estimate of drug-likeness (QED) is 0.560. The first-order valence-electron chi connectivity index (χ1n) is 11.6. The molecule has 0 bridgehead atoms. The maximum Gasteiger partial charge on any atom is 0.259 e. The lowest BCUT2D eigenvalue weighted by molar-refractivity contribution is -0.123. The fourth-order valence-electron chi connectivity index (χ4n) is 4.72. The molecule has 0 saturated carbocycles. The van der Waals surface area contributed by atoms with Gasteiger partial charge in [0.1, 0.15) is 0 Å². The van der Waals surface area contributed by atoms with Gasteiger partial charge in [-0.2, -0.15) is 0 Å². The first-order valence-corrected chi connectivity index (χ1v) is 13.2. The van der Waals surface area contributed by atoms with Crippen LogP contribution in [-0.4, -0.2) is 39.9 Å². The van der Waals surface area contributed by atoms with Crippen molar-refractivity contribution in [3.05, 3.63) is 88.4 Å². The highest BCUT2D eigenvalue weighted by atomic mass is 35.5. The third-order valence-electron chi connectivity index (χ3n) is 6.67. The normalized spacial score (nSPS) is 17.8. The third kappa shape index (κ3) is 4.54. The van der Waals surface area contributed by atoms with Crippen LogP contribution in [0.5, 0.6) is 0 Å². The highest BCUT2D eigenvalue weighted by Crippen LogP contribution is 2.36. The maximum absolute atomic E-state index is 13.7. The Morgan fingerprint density at radius 3 is 2.44 bits per heavy atom. The van der Waals surface area contributed by atoms with Crippen molar-refractivity contribution in [3.63, 3.8) is 0 Å². The number of hydrogen-bond acceptors (Lipinski definition) is 4. The van der Waals surface area contributed by atoms with Crippen molar-refractivity contribution in [2.24, 2.45) is 11.7 Å². The number of benzene rings is 3. The molecule has 0 spiro atoms. The van der Waals surface area contributed by atoms with Gasteiger partial charge in [0, 0.05) is 29.6 Å². The largest absolute Gasteiger partial charge is 0.369 e. The molecule has 0 aromatic heterocycles. The van der Waals surface area contributed by atoms with Crippen molar-refractivity contribution in [1.29, 1.82) is 0 Å². The number of likely N-dealkylation sites (tertiary alicyclic amines) is 1. The number of carbonyl (C=O) groups is 3. The molecule has 2 N–H and O–H groups in total. The molecule has 7 nitrogen and oxygen atoms in total. The minimum absolute atomic E-state index is 0.194. The van der Waals surface area contributed by atoms with Crippen molar-refractivity contribution >= 4 is 45.8 Å². The lowest BCUT2D eigenvalue weighted by atomic mass is 9.96. The highest BCUT2D eigenvalue weighted by Gasteiger charge is 2.33. The SMILES string of the molecule is NC(=O)C1CCN(C(=O)c2ccc3c(c2)N(Cc2cccc(Cl)c2)C(=O)c2ccccc2[S@@]3=O)CC1. The number of hydrogen-bond donors (Lipinski definition) is 1. The Morgan fingerprint density at radius 1 is 0.972 bits per heavy atom. The average Bonchev–Trinajstić information content (AvgIpc) is 2.98. The average molecular weight is 522 g/mol. The summed E-state index contributed by atoms with van der Waals surface area (Å²) in [6.45, 7) is 1.04. The van der Waals surface area contributed by atoms with E-state index in [1.54, 1.807) is 64.4 Å². The summed E-state index contributed by atoms with van der Waals surface area (Å²) in [6.07, 6.45) is 1.04. The van der Waals surface area contributed by atoms with E-state index in [1.807, 2.05) is 12.1 Å². The molecular weight excluding hydrogens is 498 g/mol. The van der Waals surface area contributed by atoms with E-state index in [1.165, 1.54) is 0 Å². The van der Waals surface area contributed by atoms with Gasteiger partial charge in [0.2, 0.25) is 5.91 Å². The second kappa shape index (κ2) is 9.87. The smallest absolute Gasteiger partial charge is 0.259 e. The van der Waals surface area contributed by atoms with E-state index >= 15 is 0 Å². The van der Waals surface area contributed by atoms with Gasteiger partial charge >= 0.3 is 0 Å². The van der Waals surface area contributed by atoms with Gasteiger partial charge in [-0.05, 0) is 60.9 Å². The van der Waals surface area contributed by atoms with Gasteiger partial charge in [0.25, 0.3) is 11.8 Å². The minimum Gasteiger partial charge on any atom is -0.369 e. The summed E-state index contributed by atoms with van der Waals surface area (Å²) < 4.78 is 13.6. The van der Waals surface area contributed by atoms with Gasteiger partial charge in [0.15, 0.2) is 0 Å². The molecule has 0 aliphatic carbocycles. The van der Waals surface area contributed by atoms with E-state index in [-0.39, 0.29) is 30.2 Å². The monoisotopic (exact) mass is 521 g/mol. The molecule has 3 aromatic carbocycles. The molecule has 36 heavy (non-hydrogen) atoms. The van der Waals surface area contributed by atoms with Crippen LogP contribution in [0.3, 0.4) is 0 Å². The van der Waals surface area contributed by atoms with Crippen molar-refractivity contribution in [1.82, 2.24) is 4.90 Å². The minimum atomic E-state index is -1.61. The lowest BCUT2D eigenvalue weighted by Gasteiger charge is -2.31. The molecule has 2 aliphatic heterocycles. The molecule has 0 unspecified atom stereocenters. The number of piperidine rings is 1. The number of nitrogens with zero attached hydrogens (tertiary/aromatic N) is 2. The van der Waals surface area contributed by atoms with Crippen molar-refractivity contribution in [2.75, 3.05) is 18.0 Å². The molecule has 0 radical (unpaired) electrons. The summed E-state index contributed by atoms with van der Waals surface area (Å²) >= 11 is 6.19. The lowest BCUT2D eigenvalue weighted by Crippen LogP contribution is -2.41. The van der Waals surface area contributed by atoms with Crippen molar-refractivity contribution in [3.8, 4) is 0 Å². The highest BCUT2D eigenvalue weighted by molar-refractivity contribution is 7.85. The number of rotatable bonds is 4. The van der Waals surface area contributed by atoms with Gasteiger partial charge in [-0.3, -0.25) is 14.4 Å². The molecule has 1 saturated heterocycles. The predicted molar refractivity (Wildman–Crippen MR) is 137 cm³/mol. The first kappa shape index (κ1) is 24.2. The Kier molecular flexibility index (Phi) is 6.64. The van der Waals surface area contributed by atoms with Crippen LogP contribution >= 0.6 is 11.6 Å². The van der Waals surface area contributed by atoms with Gasteiger partial charge in [-0.25, -0.2) is 4.21 Å². The van der Waals surface area contributed by atoms with Crippen molar-refractivity contribution in [2.45, 2.75) is 29.2 Å². The van der Waals surface area contributed by atoms with E-state index in [2.05, 4.69) is 0 Å². The Morgan fingerprint density at radius 2 is 1.72 bits per heavy atom. The molecule has 2 aliphatic rings. The molecule has 3 amide bonds. The number of nitrogens with two attached hydrogens (primary N) is 1. The number of anilines is 1. The predicted octanol–water partition coefficient (Wildman–Crippen LogP) is 4.00. The topological polar surface area (TPSA) is 101 Å². The van der Waals surface area contributed by atoms with Gasteiger partial charge < -0.3 is 15.5 Å². The standard InChI is InChI=1S/C27H24ClN3O4S/c28-20-5-3-4-17(14-20)16-31-22-15-19(26(33)30-12-10-18(11-13-30)25(29)32)8-9-24(22)36(35)23-7-2-1-6-21(23)27(31)34/h1-9,14-15,18H,10-13,16H2,(H2,29,32)/t36-/m0/s1. The molecule has 184 valence electrons. The molecule has 2 heterocycles. The summed E-state index contributed by atoms with van der Waals surface area (Å²) in [5.74, 6) is -1.08. The van der Waals surface area contributed by atoms with E-state index in [9.17, 15) is 18.6 Å².